The molecule has 0 amide bonds. The molecular formula is C9H9NO2S. The Bertz CT molecular complexity index is 458. The maximum absolute atomic E-state index is 11.1. The van der Waals surface area contributed by atoms with Crippen LogP contribution >= 0.6 is 11.3 Å². The summed E-state index contributed by atoms with van der Waals surface area (Å²) in [5.74, 6) is 0. The van der Waals surface area contributed by atoms with E-state index in [1.165, 1.54) is 11.3 Å². The first-order valence-corrected chi connectivity index (χ1v) is 4.44. The van der Waals surface area contributed by atoms with E-state index in [1.54, 1.807) is 11.6 Å². The maximum atomic E-state index is 11.1. The van der Waals surface area contributed by atoms with E-state index in [4.69, 9.17) is 4.79 Å². The molecule has 3 nitrogen and oxygen atoms in total. The quantitative estimate of drug-likeness (QED) is 0.637. The van der Waals surface area contributed by atoms with Crippen LogP contribution in [0.4, 0.5) is 0 Å². The fourth-order valence-electron chi connectivity index (χ4n) is 1.08. The van der Waals surface area contributed by atoms with Crippen molar-refractivity contribution in [1.29, 1.82) is 0 Å². The smallest absolute Gasteiger partial charge is 0.307 e. The molecule has 0 radical (unpaired) electrons. The third kappa shape index (κ3) is 1.67. The van der Waals surface area contributed by atoms with Crippen LogP contribution in [0.1, 0.15) is 0 Å². The van der Waals surface area contributed by atoms with Crippen LogP contribution in [0.5, 0.6) is 0 Å². The Morgan fingerprint density at radius 3 is 2.54 bits per heavy atom. The van der Waals surface area contributed by atoms with E-state index in [0.29, 0.717) is 0 Å². The lowest BCUT2D eigenvalue weighted by atomic mass is 10.3. The number of thiazole rings is 1. The van der Waals surface area contributed by atoms with Crippen LogP contribution in [-0.4, -0.2) is 11.4 Å². The van der Waals surface area contributed by atoms with Gasteiger partial charge < -0.3 is 9.36 Å². The van der Waals surface area contributed by atoms with Gasteiger partial charge in [0.15, 0.2) is 0 Å². The molecule has 0 bridgehead atoms. The summed E-state index contributed by atoms with van der Waals surface area (Å²) in [6.45, 7) is 2.00. The van der Waals surface area contributed by atoms with Crippen molar-refractivity contribution in [2.75, 3.05) is 0 Å². The number of aromatic nitrogens is 1. The minimum Gasteiger partial charge on any atom is -0.307 e. The van der Waals surface area contributed by atoms with Crippen molar-refractivity contribution in [2.24, 2.45) is 7.05 Å². The summed E-state index contributed by atoms with van der Waals surface area (Å²) in [6.07, 6.45) is 0. The molecular weight excluding hydrogens is 186 g/mol. The average Bonchev–Trinajstić information content (AvgIpc) is 2.47. The van der Waals surface area contributed by atoms with Crippen molar-refractivity contribution in [2.45, 2.75) is 0 Å². The Hall–Kier alpha value is -1.42. The molecule has 1 aromatic carbocycles. The fourth-order valence-corrected chi connectivity index (χ4v) is 1.96. The van der Waals surface area contributed by atoms with Crippen LogP contribution in [0.15, 0.2) is 29.1 Å². The van der Waals surface area contributed by atoms with E-state index in [2.05, 4.69) is 0 Å². The summed E-state index contributed by atoms with van der Waals surface area (Å²) in [7, 11) is 1.79. The van der Waals surface area contributed by atoms with Crippen LogP contribution in [0.25, 0.3) is 10.2 Å². The molecule has 2 rings (SSSR count). The number of carbonyl (C=O) groups excluding carboxylic acids is 1. The van der Waals surface area contributed by atoms with Gasteiger partial charge in [-0.25, -0.2) is 0 Å². The molecule has 0 aliphatic heterocycles. The number of para-hydroxylation sites is 1. The fraction of sp³-hybridized carbons (Fsp3) is 0.111. The van der Waals surface area contributed by atoms with Gasteiger partial charge >= 0.3 is 4.87 Å². The maximum Gasteiger partial charge on any atom is 0.307 e. The molecule has 68 valence electrons. The van der Waals surface area contributed by atoms with Crippen LogP contribution < -0.4 is 4.87 Å². The van der Waals surface area contributed by atoms with Gasteiger partial charge in [-0.15, -0.1) is 0 Å². The number of fused-ring (bicyclic) bond motifs is 1. The summed E-state index contributed by atoms with van der Waals surface area (Å²) < 4.78 is 2.72. The number of benzene rings is 1. The van der Waals surface area contributed by atoms with E-state index in [-0.39, 0.29) is 4.87 Å². The van der Waals surface area contributed by atoms with Gasteiger partial charge in [-0.2, -0.15) is 0 Å². The van der Waals surface area contributed by atoms with Crippen LogP contribution in [0.3, 0.4) is 0 Å². The normalized spacial score (nSPS) is 9.31. The third-order valence-electron chi connectivity index (χ3n) is 1.70. The number of hydrogen-bond acceptors (Lipinski definition) is 3. The Morgan fingerprint density at radius 2 is 1.92 bits per heavy atom. The Kier molecular flexibility index (Phi) is 2.97. The molecule has 0 atom stereocenters. The van der Waals surface area contributed by atoms with Gasteiger partial charge in [0.25, 0.3) is 0 Å². The number of carbonyl (C=O) groups is 1. The third-order valence-corrected chi connectivity index (χ3v) is 2.71. The zero-order chi connectivity index (χ0) is 9.84. The van der Waals surface area contributed by atoms with Gasteiger partial charge in [0.1, 0.15) is 6.79 Å². The summed E-state index contributed by atoms with van der Waals surface area (Å²) in [5, 5.41) is 0. The topological polar surface area (TPSA) is 39.1 Å². The van der Waals surface area contributed by atoms with Gasteiger partial charge in [0, 0.05) is 7.05 Å². The van der Waals surface area contributed by atoms with Crippen LogP contribution in [0.2, 0.25) is 0 Å². The second-order valence-corrected chi connectivity index (χ2v) is 3.39. The molecule has 0 saturated heterocycles. The summed E-state index contributed by atoms with van der Waals surface area (Å²) in [6, 6.07) is 7.79. The molecule has 1 heterocycles. The van der Waals surface area contributed by atoms with Crippen molar-refractivity contribution in [3.63, 3.8) is 0 Å². The SMILES string of the molecule is C=O.Cn1c(=O)sc2ccccc21. The first-order chi connectivity index (χ1) is 6.29. The molecule has 0 N–H and O–H groups in total. The monoisotopic (exact) mass is 195 g/mol. The average molecular weight is 195 g/mol. The van der Waals surface area contributed by atoms with Gasteiger partial charge in [0.2, 0.25) is 0 Å². The van der Waals surface area contributed by atoms with E-state index in [1.807, 2.05) is 31.1 Å². The molecule has 0 unspecified atom stereocenters. The molecule has 0 aliphatic carbocycles. The second kappa shape index (κ2) is 4.00. The Labute approximate surface area is 79.2 Å². The van der Waals surface area contributed by atoms with Crippen molar-refractivity contribution in [3.05, 3.63) is 33.9 Å². The minimum absolute atomic E-state index is 0.103. The zero-order valence-corrected chi connectivity index (χ0v) is 8.00. The van der Waals surface area contributed by atoms with Crippen molar-refractivity contribution in [1.82, 2.24) is 4.57 Å². The van der Waals surface area contributed by atoms with E-state index in [9.17, 15) is 4.79 Å². The molecule has 2 aromatic rings. The van der Waals surface area contributed by atoms with E-state index < -0.39 is 0 Å². The Morgan fingerprint density at radius 1 is 1.31 bits per heavy atom. The molecule has 1 aromatic heterocycles. The number of aryl methyl sites for hydroxylation is 1. The predicted molar refractivity (Wildman–Crippen MR) is 54.2 cm³/mol. The lowest BCUT2D eigenvalue weighted by Crippen LogP contribution is -2.06. The molecule has 0 spiro atoms. The van der Waals surface area contributed by atoms with Crippen molar-refractivity contribution >= 4 is 28.3 Å². The van der Waals surface area contributed by atoms with Crippen molar-refractivity contribution < 1.29 is 4.79 Å². The first-order valence-electron chi connectivity index (χ1n) is 3.62. The van der Waals surface area contributed by atoms with Crippen LogP contribution in [-0.2, 0) is 11.8 Å². The van der Waals surface area contributed by atoms with Gasteiger partial charge in [-0.3, -0.25) is 4.79 Å². The largest absolute Gasteiger partial charge is 0.307 e. The summed E-state index contributed by atoms with van der Waals surface area (Å²) in [5.41, 5.74) is 1.02. The highest BCUT2D eigenvalue weighted by molar-refractivity contribution is 7.16. The summed E-state index contributed by atoms with van der Waals surface area (Å²) in [4.78, 5) is 19.2. The molecule has 4 heteroatoms. The molecule has 0 aliphatic rings. The Balaban J connectivity index is 0.000000396. The molecule has 13 heavy (non-hydrogen) atoms. The van der Waals surface area contributed by atoms with Crippen LogP contribution in [0, 0.1) is 0 Å². The number of nitrogens with zero attached hydrogens (tertiary/aromatic N) is 1. The van der Waals surface area contributed by atoms with E-state index in [0.717, 1.165) is 10.2 Å². The minimum atomic E-state index is 0.103. The highest BCUT2D eigenvalue weighted by atomic mass is 32.1. The predicted octanol–water partition coefficient (Wildman–Crippen LogP) is 1.42. The van der Waals surface area contributed by atoms with Crippen molar-refractivity contribution in [3.8, 4) is 0 Å². The van der Waals surface area contributed by atoms with Gasteiger partial charge in [0.05, 0.1) is 10.2 Å². The number of hydrogen-bond donors (Lipinski definition) is 0. The number of rotatable bonds is 0. The van der Waals surface area contributed by atoms with Gasteiger partial charge in [-0.1, -0.05) is 23.5 Å². The lowest BCUT2D eigenvalue weighted by molar-refractivity contribution is -0.0979. The molecule has 0 fully saturated rings. The summed E-state index contributed by atoms with van der Waals surface area (Å²) >= 11 is 1.29. The first kappa shape index (κ1) is 9.67. The second-order valence-electron chi connectivity index (χ2n) is 2.39. The standard InChI is InChI=1S/C8H7NOS.CH2O/c1-9-6-4-2-3-5-7(6)11-8(9)10;1-2/h2-5H,1H3;1H2. The zero-order valence-electron chi connectivity index (χ0n) is 7.19. The lowest BCUT2D eigenvalue weighted by Gasteiger charge is -1.89. The molecule has 0 saturated carbocycles. The highest BCUT2D eigenvalue weighted by Crippen LogP contribution is 2.14. The highest BCUT2D eigenvalue weighted by Gasteiger charge is 2.00. The van der Waals surface area contributed by atoms with Gasteiger partial charge in [-0.05, 0) is 12.1 Å². The van der Waals surface area contributed by atoms with E-state index >= 15 is 0 Å².